The third kappa shape index (κ3) is 41.3. The maximum Gasteiger partial charge on any atom is 0.249 e. The molecule has 1 amide bonds. The summed E-state index contributed by atoms with van der Waals surface area (Å²) in [6.07, 6.45) is 56.7. The van der Waals surface area contributed by atoms with Crippen LogP contribution in [0.5, 0.6) is 0 Å². The lowest BCUT2D eigenvalue weighted by molar-refractivity contribution is -0.131. The molecular weight excluding hydrogens is 691 g/mol. The minimum absolute atomic E-state index is 0.314. The molecule has 0 saturated carbocycles. The number of rotatable bonds is 47. The quantitative estimate of drug-likeness (QED) is 0.0365. The summed E-state index contributed by atoms with van der Waals surface area (Å²) in [7, 11) is 0. The summed E-state index contributed by atoms with van der Waals surface area (Å²) in [5.74, 6) is -0.475. The molecule has 0 fully saturated rings. The monoisotopic (exact) mass is 792 g/mol. The van der Waals surface area contributed by atoms with Crippen LogP contribution in [0.2, 0.25) is 0 Å². The Morgan fingerprint density at radius 3 is 0.982 bits per heavy atom. The smallest absolute Gasteiger partial charge is 0.249 e. The zero-order valence-corrected chi connectivity index (χ0v) is 38.0. The van der Waals surface area contributed by atoms with Crippen molar-refractivity contribution in [3.05, 3.63) is 12.2 Å². The maximum atomic E-state index is 12.5. The molecule has 0 aliphatic carbocycles. The lowest BCUT2D eigenvalue weighted by Gasteiger charge is -2.23. The molecule has 0 rings (SSSR count). The number of aliphatic hydroxyl groups excluding tert-OH is 3. The third-order valence-corrected chi connectivity index (χ3v) is 12.1. The van der Waals surface area contributed by atoms with Gasteiger partial charge in [0.25, 0.3) is 0 Å². The van der Waals surface area contributed by atoms with Crippen LogP contribution in [0.4, 0.5) is 0 Å². The largest absolute Gasteiger partial charge is 0.394 e. The van der Waals surface area contributed by atoms with Crippen molar-refractivity contribution in [1.29, 1.82) is 0 Å². The second kappa shape index (κ2) is 46.8. The van der Waals surface area contributed by atoms with Gasteiger partial charge in [-0.2, -0.15) is 0 Å². The SMILES string of the molecule is CCCCCCCCCCC/C=C\CCCCCCC(O)C(=O)NC(CO)C(O)CCCCCCCCCCCCCCCCCCCCCCCCCCC. The number of carbonyl (C=O) groups excluding carboxylic acids is 1. The van der Waals surface area contributed by atoms with Gasteiger partial charge in [0.2, 0.25) is 5.91 Å². The van der Waals surface area contributed by atoms with Crippen molar-refractivity contribution in [2.75, 3.05) is 6.61 Å². The van der Waals surface area contributed by atoms with E-state index in [0.717, 1.165) is 44.9 Å². The molecule has 0 aromatic heterocycles. The summed E-state index contributed by atoms with van der Waals surface area (Å²) in [4.78, 5) is 12.5. The highest BCUT2D eigenvalue weighted by Gasteiger charge is 2.23. The van der Waals surface area contributed by atoms with Crippen molar-refractivity contribution >= 4 is 5.91 Å². The number of nitrogens with one attached hydrogen (secondary N) is 1. The average Bonchev–Trinajstić information content (AvgIpc) is 3.20. The van der Waals surface area contributed by atoms with Gasteiger partial charge in [0.15, 0.2) is 0 Å². The molecule has 0 spiro atoms. The third-order valence-electron chi connectivity index (χ3n) is 12.1. The van der Waals surface area contributed by atoms with E-state index in [1.54, 1.807) is 0 Å². The Bertz CT molecular complexity index is 788. The first-order valence-electron chi connectivity index (χ1n) is 25.5. The molecule has 4 N–H and O–H groups in total. The molecule has 334 valence electrons. The van der Waals surface area contributed by atoms with Crippen LogP contribution in [0, 0.1) is 0 Å². The normalized spacial score (nSPS) is 13.4. The molecule has 0 aliphatic rings. The van der Waals surface area contributed by atoms with Gasteiger partial charge >= 0.3 is 0 Å². The average molecular weight is 792 g/mol. The van der Waals surface area contributed by atoms with Crippen LogP contribution in [-0.2, 0) is 4.79 Å². The molecule has 5 nitrogen and oxygen atoms in total. The molecule has 3 atom stereocenters. The standard InChI is InChI=1S/C51H101NO4/c1-3-5-7-9-11-13-15-17-19-21-22-23-24-25-26-27-28-30-31-33-35-37-39-41-43-45-49(54)48(47-53)52-51(56)50(55)46-44-42-40-38-36-34-32-29-20-18-16-14-12-10-8-6-4-2/h32,34,48-50,53-55H,3-31,33,35-47H2,1-2H3,(H,52,56)/b34-32-. The van der Waals surface area contributed by atoms with Crippen LogP contribution in [0.1, 0.15) is 284 Å². The van der Waals surface area contributed by atoms with E-state index in [2.05, 4.69) is 31.3 Å². The second-order valence-electron chi connectivity index (χ2n) is 17.7. The Kier molecular flexibility index (Phi) is 46.0. The predicted octanol–water partition coefficient (Wildman–Crippen LogP) is 15.2. The van der Waals surface area contributed by atoms with Gasteiger partial charge in [0.1, 0.15) is 6.10 Å². The van der Waals surface area contributed by atoms with Gasteiger partial charge in [-0.3, -0.25) is 4.79 Å². The van der Waals surface area contributed by atoms with E-state index in [9.17, 15) is 20.1 Å². The minimum Gasteiger partial charge on any atom is -0.394 e. The van der Waals surface area contributed by atoms with Gasteiger partial charge in [-0.15, -0.1) is 0 Å². The number of allylic oxidation sites excluding steroid dienone is 2. The van der Waals surface area contributed by atoms with E-state index in [4.69, 9.17) is 0 Å². The first kappa shape index (κ1) is 55.1. The van der Waals surface area contributed by atoms with Crippen LogP contribution in [0.15, 0.2) is 12.2 Å². The van der Waals surface area contributed by atoms with Crippen molar-refractivity contribution in [3.8, 4) is 0 Å². The predicted molar refractivity (Wildman–Crippen MR) is 245 cm³/mol. The summed E-state index contributed by atoms with van der Waals surface area (Å²) in [6, 6.07) is -0.714. The van der Waals surface area contributed by atoms with E-state index in [1.807, 2.05) is 0 Å². The maximum absolute atomic E-state index is 12.5. The van der Waals surface area contributed by atoms with Crippen molar-refractivity contribution in [3.63, 3.8) is 0 Å². The number of unbranched alkanes of at least 4 members (excludes halogenated alkanes) is 37. The number of aliphatic hydroxyl groups is 3. The van der Waals surface area contributed by atoms with E-state index < -0.39 is 24.2 Å². The lowest BCUT2D eigenvalue weighted by atomic mass is 10.0. The van der Waals surface area contributed by atoms with E-state index >= 15 is 0 Å². The summed E-state index contributed by atoms with van der Waals surface area (Å²) in [6.45, 7) is 4.25. The number of hydrogen-bond acceptors (Lipinski definition) is 4. The molecule has 5 heteroatoms. The van der Waals surface area contributed by atoms with Gasteiger partial charge in [-0.25, -0.2) is 0 Å². The molecule has 0 bridgehead atoms. The van der Waals surface area contributed by atoms with Crippen LogP contribution >= 0.6 is 0 Å². The van der Waals surface area contributed by atoms with Crippen molar-refractivity contribution in [2.45, 2.75) is 302 Å². The van der Waals surface area contributed by atoms with Crippen LogP contribution < -0.4 is 5.32 Å². The number of hydrogen-bond donors (Lipinski definition) is 4. The molecule has 3 unspecified atom stereocenters. The van der Waals surface area contributed by atoms with Gasteiger partial charge < -0.3 is 20.6 Å². The Balaban J connectivity index is 3.54. The lowest BCUT2D eigenvalue weighted by Crippen LogP contribution is -2.49. The van der Waals surface area contributed by atoms with E-state index in [-0.39, 0.29) is 6.61 Å². The van der Waals surface area contributed by atoms with Crippen molar-refractivity contribution < 1.29 is 20.1 Å². The van der Waals surface area contributed by atoms with E-state index in [0.29, 0.717) is 12.8 Å². The molecular formula is C51H101NO4. The molecule has 0 radical (unpaired) electrons. The molecule has 56 heavy (non-hydrogen) atoms. The molecule has 0 saturated heterocycles. The fraction of sp³-hybridized carbons (Fsp3) is 0.941. The van der Waals surface area contributed by atoms with Crippen molar-refractivity contribution in [2.24, 2.45) is 0 Å². The highest BCUT2D eigenvalue weighted by atomic mass is 16.3. The summed E-state index contributed by atoms with van der Waals surface area (Å²) in [5, 5.41) is 33.4. The fourth-order valence-electron chi connectivity index (χ4n) is 8.13. The Morgan fingerprint density at radius 2 is 0.679 bits per heavy atom. The summed E-state index contributed by atoms with van der Waals surface area (Å²) in [5.41, 5.74) is 0. The molecule has 0 aromatic carbocycles. The first-order valence-corrected chi connectivity index (χ1v) is 25.5. The summed E-state index contributed by atoms with van der Waals surface area (Å²) < 4.78 is 0. The van der Waals surface area contributed by atoms with Gasteiger partial charge in [-0.05, 0) is 38.5 Å². The zero-order valence-electron chi connectivity index (χ0n) is 38.0. The topological polar surface area (TPSA) is 89.8 Å². The number of carbonyl (C=O) groups is 1. The summed E-state index contributed by atoms with van der Waals surface area (Å²) >= 11 is 0. The zero-order chi connectivity index (χ0) is 40.8. The second-order valence-corrected chi connectivity index (χ2v) is 17.7. The van der Waals surface area contributed by atoms with Crippen LogP contribution in [0.3, 0.4) is 0 Å². The molecule has 0 heterocycles. The van der Waals surface area contributed by atoms with Crippen LogP contribution in [-0.4, -0.2) is 46.1 Å². The highest BCUT2D eigenvalue weighted by molar-refractivity contribution is 5.80. The Hall–Kier alpha value is -0.910. The number of amides is 1. The van der Waals surface area contributed by atoms with Gasteiger partial charge in [0.05, 0.1) is 18.8 Å². The van der Waals surface area contributed by atoms with Gasteiger partial charge in [-0.1, -0.05) is 257 Å². The Labute approximate surface area is 350 Å². The highest BCUT2D eigenvalue weighted by Crippen LogP contribution is 2.17. The Morgan fingerprint density at radius 1 is 0.411 bits per heavy atom. The molecule has 0 aliphatic heterocycles. The van der Waals surface area contributed by atoms with Crippen molar-refractivity contribution in [1.82, 2.24) is 5.32 Å². The van der Waals surface area contributed by atoms with E-state index in [1.165, 1.54) is 212 Å². The minimum atomic E-state index is -1.08. The van der Waals surface area contributed by atoms with Gasteiger partial charge in [0, 0.05) is 0 Å². The fourth-order valence-corrected chi connectivity index (χ4v) is 8.13. The first-order chi connectivity index (χ1) is 27.6. The molecule has 0 aromatic rings. The van der Waals surface area contributed by atoms with Crippen LogP contribution in [0.25, 0.3) is 0 Å².